The van der Waals surface area contributed by atoms with Gasteiger partial charge in [-0.1, -0.05) is 0 Å². The van der Waals surface area contributed by atoms with Gasteiger partial charge in [0.15, 0.2) is 0 Å². The Kier molecular flexibility index (Phi) is 5.42. The third-order valence-corrected chi connectivity index (χ3v) is 3.42. The van der Waals surface area contributed by atoms with Crippen molar-refractivity contribution in [1.29, 1.82) is 0 Å². The topological polar surface area (TPSA) is 60.8 Å². The molecule has 0 spiro atoms. The number of carbonyl (C=O) groups excluding carboxylic acids is 1. The standard InChI is InChI=1S/C14H17F3N2O4/c1-18(7-10-9-22-5-6-23-10)12(20)8-19-4-2-3-11(13(19)21)14(15,16)17/h2-4,10H,5-9H2,1H3/t10-/m0/s1. The summed E-state index contributed by atoms with van der Waals surface area (Å²) in [6, 6.07) is 1.79. The van der Waals surface area contributed by atoms with Crippen LogP contribution in [0.15, 0.2) is 23.1 Å². The van der Waals surface area contributed by atoms with Crippen LogP contribution in [-0.2, 0) is 27.0 Å². The molecule has 128 valence electrons. The molecule has 1 amide bonds. The molecule has 1 aromatic heterocycles. The van der Waals surface area contributed by atoms with Gasteiger partial charge in [0.05, 0.1) is 25.9 Å². The van der Waals surface area contributed by atoms with Crippen LogP contribution in [0.25, 0.3) is 0 Å². The fourth-order valence-electron chi connectivity index (χ4n) is 2.19. The smallest absolute Gasteiger partial charge is 0.376 e. The molecule has 1 aliphatic heterocycles. The van der Waals surface area contributed by atoms with Gasteiger partial charge in [-0.3, -0.25) is 9.59 Å². The van der Waals surface area contributed by atoms with E-state index in [-0.39, 0.29) is 12.6 Å². The number of nitrogens with zero attached hydrogens (tertiary/aromatic N) is 2. The molecule has 2 rings (SSSR count). The predicted octanol–water partition coefficient (Wildman–Crippen LogP) is 0.741. The van der Waals surface area contributed by atoms with Crippen LogP contribution in [0.4, 0.5) is 13.2 Å². The number of hydrogen-bond donors (Lipinski definition) is 0. The quantitative estimate of drug-likeness (QED) is 0.815. The lowest BCUT2D eigenvalue weighted by Crippen LogP contribution is -2.43. The number of ether oxygens (including phenoxy) is 2. The molecule has 1 aliphatic rings. The molecule has 1 atom stereocenters. The molecular formula is C14H17F3N2O4. The summed E-state index contributed by atoms with van der Waals surface area (Å²) < 4.78 is 49.4. The fraction of sp³-hybridized carbons (Fsp3) is 0.571. The summed E-state index contributed by atoms with van der Waals surface area (Å²) in [5, 5.41) is 0. The van der Waals surface area contributed by atoms with Crippen LogP contribution >= 0.6 is 0 Å². The number of alkyl halides is 3. The van der Waals surface area contributed by atoms with Crippen LogP contribution < -0.4 is 5.56 Å². The van der Waals surface area contributed by atoms with Crippen molar-refractivity contribution in [3.8, 4) is 0 Å². The van der Waals surface area contributed by atoms with Crippen molar-refractivity contribution in [3.63, 3.8) is 0 Å². The largest absolute Gasteiger partial charge is 0.421 e. The molecule has 0 N–H and O–H groups in total. The van der Waals surface area contributed by atoms with Crippen molar-refractivity contribution < 1.29 is 27.4 Å². The monoisotopic (exact) mass is 334 g/mol. The number of hydrogen-bond acceptors (Lipinski definition) is 4. The third kappa shape index (κ3) is 4.55. The molecule has 0 saturated carbocycles. The minimum atomic E-state index is -4.75. The van der Waals surface area contributed by atoms with Crippen molar-refractivity contribution in [2.24, 2.45) is 0 Å². The highest BCUT2D eigenvalue weighted by Crippen LogP contribution is 2.25. The van der Waals surface area contributed by atoms with Gasteiger partial charge in [-0.05, 0) is 12.1 Å². The average molecular weight is 334 g/mol. The summed E-state index contributed by atoms with van der Waals surface area (Å²) in [6.45, 7) is 1.05. The van der Waals surface area contributed by atoms with Gasteiger partial charge in [-0.2, -0.15) is 13.2 Å². The second kappa shape index (κ2) is 7.14. The van der Waals surface area contributed by atoms with Gasteiger partial charge in [-0.25, -0.2) is 0 Å². The normalized spacial score (nSPS) is 18.7. The zero-order chi connectivity index (χ0) is 17.0. The first-order valence-electron chi connectivity index (χ1n) is 6.99. The maximum Gasteiger partial charge on any atom is 0.421 e. The van der Waals surface area contributed by atoms with Crippen LogP contribution in [0.3, 0.4) is 0 Å². The zero-order valence-electron chi connectivity index (χ0n) is 12.5. The van der Waals surface area contributed by atoms with E-state index in [9.17, 15) is 22.8 Å². The van der Waals surface area contributed by atoms with E-state index in [1.165, 1.54) is 11.9 Å². The number of carbonyl (C=O) groups is 1. The molecule has 0 unspecified atom stereocenters. The van der Waals surface area contributed by atoms with Gasteiger partial charge in [0.2, 0.25) is 5.91 Å². The minimum Gasteiger partial charge on any atom is -0.376 e. The fourth-order valence-corrected chi connectivity index (χ4v) is 2.19. The van der Waals surface area contributed by atoms with Crippen LogP contribution in [0, 0.1) is 0 Å². The van der Waals surface area contributed by atoms with Crippen LogP contribution in [0.2, 0.25) is 0 Å². The molecule has 0 aromatic carbocycles. The lowest BCUT2D eigenvalue weighted by molar-refractivity contribution is -0.140. The van der Waals surface area contributed by atoms with Crippen molar-refractivity contribution in [1.82, 2.24) is 9.47 Å². The zero-order valence-corrected chi connectivity index (χ0v) is 12.5. The summed E-state index contributed by atoms with van der Waals surface area (Å²) in [5.41, 5.74) is -2.53. The minimum absolute atomic E-state index is 0.243. The van der Waals surface area contributed by atoms with E-state index in [1.807, 2.05) is 0 Å². The van der Waals surface area contributed by atoms with Crippen LogP contribution in [0.5, 0.6) is 0 Å². The number of rotatable bonds is 4. The second-order valence-electron chi connectivity index (χ2n) is 5.19. The SMILES string of the molecule is CN(C[C@H]1COCCO1)C(=O)Cn1cccc(C(F)(F)F)c1=O. The summed E-state index contributed by atoms with van der Waals surface area (Å²) in [4.78, 5) is 25.2. The van der Waals surface area contributed by atoms with Gasteiger partial charge in [0.25, 0.3) is 5.56 Å². The molecule has 6 nitrogen and oxygen atoms in total. The molecule has 23 heavy (non-hydrogen) atoms. The van der Waals surface area contributed by atoms with Crippen molar-refractivity contribution in [2.45, 2.75) is 18.8 Å². The Morgan fingerprint density at radius 2 is 2.17 bits per heavy atom. The number of amides is 1. The molecule has 1 fully saturated rings. The first-order chi connectivity index (χ1) is 10.8. The van der Waals surface area contributed by atoms with E-state index in [0.29, 0.717) is 25.9 Å². The Labute approximate surface area is 130 Å². The van der Waals surface area contributed by atoms with Gasteiger partial charge in [0.1, 0.15) is 12.1 Å². The molecule has 1 aromatic rings. The second-order valence-corrected chi connectivity index (χ2v) is 5.19. The lowest BCUT2D eigenvalue weighted by atomic mass is 10.2. The van der Waals surface area contributed by atoms with E-state index in [1.54, 1.807) is 0 Å². The molecular weight excluding hydrogens is 317 g/mol. The van der Waals surface area contributed by atoms with Gasteiger partial charge in [0, 0.05) is 19.8 Å². The molecule has 0 bridgehead atoms. The van der Waals surface area contributed by atoms with Crippen LogP contribution in [0.1, 0.15) is 5.56 Å². The summed E-state index contributed by atoms with van der Waals surface area (Å²) in [6.07, 6.45) is -3.87. The Morgan fingerprint density at radius 1 is 1.43 bits per heavy atom. The number of pyridine rings is 1. The highest BCUT2D eigenvalue weighted by Gasteiger charge is 2.34. The van der Waals surface area contributed by atoms with Crippen molar-refractivity contribution in [3.05, 3.63) is 34.2 Å². The Balaban J connectivity index is 2.03. The van der Waals surface area contributed by atoms with E-state index >= 15 is 0 Å². The number of halogens is 3. The Morgan fingerprint density at radius 3 is 2.78 bits per heavy atom. The molecule has 1 saturated heterocycles. The summed E-state index contributed by atoms with van der Waals surface area (Å²) in [5.74, 6) is -0.486. The van der Waals surface area contributed by atoms with E-state index < -0.39 is 29.8 Å². The first-order valence-corrected chi connectivity index (χ1v) is 6.99. The molecule has 2 heterocycles. The average Bonchev–Trinajstić information content (AvgIpc) is 2.49. The predicted molar refractivity (Wildman–Crippen MR) is 73.9 cm³/mol. The third-order valence-electron chi connectivity index (χ3n) is 3.42. The molecule has 0 aliphatic carbocycles. The number of likely N-dealkylation sites (N-methyl/N-ethyl adjacent to an activating group) is 1. The maximum atomic E-state index is 12.7. The lowest BCUT2D eigenvalue weighted by Gasteiger charge is -2.27. The van der Waals surface area contributed by atoms with Crippen molar-refractivity contribution in [2.75, 3.05) is 33.4 Å². The van der Waals surface area contributed by atoms with Gasteiger partial charge < -0.3 is 18.9 Å². The van der Waals surface area contributed by atoms with Gasteiger partial charge >= 0.3 is 6.18 Å². The number of aromatic nitrogens is 1. The first kappa shape index (κ1) is 17.5. The van der Waals surface area contributed by atoms with Crippen LogP contribution in [-0.4, -0.2) is 54.9 Å². The maximum absolute atomic E-state index is 12.7. The van der Waals surface area contributed by atoms with E-state index in [2.05, 4.69) is 0 Å². The van der Waals surface area contributed by atoms with Gasteiger partial charge in [-0.15, -0.1) is 0 Å². The highest BCUT2D eigenvalue weighted by atomic mass is 19.4. The summed E-state index contributed by atoms with van der Waals surface area (Å²) >= 11 is 0. The highest BCUT2D eigenvalue weighted by molar-refractivity contribution is 5.75. The van der Waals surface area contributed by atoms with Crippen molar-refractivity contribution >= 4 is 5.91 Å². The van der Waals surface area contributed by atoms with E-state index in [4.69, 9.17) is 9.47 Å². The Bertz CT molecular complexity index is 609. The molecule has 0 radical (unpaired) electrons. The molecule has 9 heteroatoms. The Hall–Kier alpha value is -1.87. The summed E-state index contributed by atoms with van der Waals surface area (Å²) in [7, 11) is 1.50. The van der Waals surface area contributed by atoms with E-state index in [0.717, 1.165) is 16.8 Å².